The highest BCUT2D eigenvalue weighted by molar-refractivity contribution is 8.00. The van der Waals surface area contributed by atoms with Crippen LogP contribution in [0.4, 0.5) is 0 Å². The van der Waals surface area contributed by atoms with Crippen LogP contribution in [0.5, 0.6) is 0 Å². The number of nitrogens with zero attached hydrogens (tertiary/aromatic N) is 3. The van der Waals surface area contributed by atoms with E-state index in [4.69, 9.17) is 14.3 Å². The molecule has 74 valence electrons. The molecule has 0 aromatic rings. The highest BCUT2D eigenvalue weighted by atomic mass is 32.3. The second kappa shape index (κ2) is 3.58. The maximum atomic E-state index is 10.5. The largest absolute Gasteiger partial charge is 0.285 e. The van der Waals surface area contributed by atoms with E-state index in [9.17, 15) is 8.42 Å². The van der Waals surface area contributed by atoms with Gasteiger partial charge < -0.3 is 0 Å². The van der Waals surface area contributed by atoms with E-state index in [2.05, 4.69) is 20.6 Å². The molecule has 0 aliphatic heterocycles. The molecule has 0 aromatic carbocycles. The summed E-state index contributed by atoms with van der Waals surface area (Å²) < 4.78 is 41.7. The molecule has 0 amide bonds. The van der Waals surface area contributed by atoms with Gasteiger partial charge in [-0.15, -0.1) is 8.94 Å². The van der Waals surface area contributed by atoms with E-state index in [1.54, 1.807) is 0 Å². The van der Waals surface area contributed by atoms with Crippen LogP contribution in [-0.2, 0) is 20.4 Å². The van der Waals surface area contributed by atoms with Crippen molar-refractivity contribution in [3.05, 3.63) is 0 Å². The fourth-order valence-electron chi connectivity index (χ4n) is 0.207. The molecule has 12 heavy (non-hydrogen) atoms. The van der Waals surface area contributed by atoms with Crippen LogP contribution < -0.4 is 11.7 Å². The van der Waals surface area contributed by atoms with Gasteiger partial charge in [-0.3, -0.25) is 14.3 Å². The van der Waals surface area contributed by atoms with E-state index < -0.39 is 24.3 Å². The summed E-state index contributed by atoms with van der Waals surface area (Å²) in [6.45, 7) is 0. The monoisotopic (exact) mass is 221 g/mol. The lowest BCUT2D eigenvalue weighted by Gasteiger charge is -2.11. The molecule has 0 heterocycles. The van der Waals surface area contributed by atoms with Gasteiger partial charge in [0.1, 0.15) is 0 Å². The molecule has 2 unspecified atom stereocenters. The van der Waals surface area contributed by atoms with Gasteiger partial charge in [0.25, 0.3) is 20.4 Å². The van der Waals surface area contributed by atoms with Crippen LogP contribution in [0.25, 0.3) is 0 Å². The van der Waals surface area contributed by atoms with Crippen molar-refractivity contribution < 1.29 is 22.7 Å². The van der Waals surface area contributed by atoms with E-state index in [0.717, 1.165) is 0 Å². The van der Waals surface area contributed by atoms with Gasteiger partial charge in [0.2, 0.25) is 0 Å². The topological polar surface area (TPSA) is 175 Å². The standard InChI is InChI=1S/H7N5O5S2/c1-3-11(7,8)5(6)12(9,10)4-2/h6H,1-2H2,(H,3,7,8)(H,4,9,10). The molecule has 7 N–H and O–H groups in total. The first-order valence-corrected chi connectivity index (χ1v) is 5.00. The predicted molar refractivity (Wildman–Crippen MR) is 38.4 cm³/mol. The Labute approximate surface area is 68.3 Å². The summed E-state index contributed by atoms with van der Waals surface area (Å²) in [5.41, 5.74) is 0. The summed E-state index contributed by atoms with van der Waals surface area (Å²) in [7, 11) is -9.05. The highest BCUT2D eigenvalue weighted by Crippen LogP contribution is 2.03. The number of nitrogens with two attached hydrogens (primary N) is 2. The first kappa shape index (κ1) is 11.7. The van der Waals surface area contributed by atoms with Crippen molar-refractivity contribution in [2.45, 2.75) is 0 Å². The number of hydrogen-bond donors (Lipinski definition) is 5. The minimum Gasteiger partial charge on any atom is -0.285 e. The fourth-order valence-corrected chi connectivity index (χ4v) is 1.61. The normalized spacial score (nSPS) is 21.2. The molecule has 0 saturated carbocycles. The Morgan fingerprint density at radius 3 is 1.50 bits per heavy atom. The summed E-state index contributed by atoms with van der Waals surface area (Å²) in [5, 5.41) is 8.54. The van der Waals surface area contributed by atoms with Gasteiger partial charge in [-0.05, 0) is 0 Å². The lowest BCUT2D eigenvalue weighted by molar-refractivity contribution is 0.0839. The molecule has 0 rings (SSSR count). The van der Waals surface area contributed by atoms with Crippen molar-refractivity contribution in [2.24, 2.45) is 20.6 Å². The van der Waals surface area contributed by atoms with E-state index in [-0.39, 0.29) is 0 Å². The molecule has 0 radical (unpaired) electrons. The van der Waals surface area contributed by atoms with Gasteiger partial charge in [0.15, 0.2) is 0 Å². The second-order valence-corrected chi connectivity index (χ2v) is 4.60. The highest BCUT2D eigenvalue weighted by Gasteiger charge is 2.25. The van der Waals surface area contributed by atoms with Gasteiger partial charge >= 0.3 is 0 Å². The van der Waals surface area contributed by atoms with E-state index in [0.29, 0.717) is 0 Å². The average Bonchev–Trinajstić information content (AvgIpc) is 2.03. The maximum absolute atomic E-state index is 10.5. The van der Waals surface area contributed by atoms with Gasteiger partial charge in [-0.1, -0.05) is 0 Å². The molecule has 0 aromatic heterocycles. The zero-order chi connectivity index (χ0) is 9.99. The summed E-state index contributed by atoms with van der Waals surface area (Å²) in [4.78, 5) is 0. The SMILES string of the molecule is NN=S(=O)(O)N(O)S(=O)(O)=NN. The molecule has 12 heteroatoms. The van der Waals surface area contributed by atoms with Crippen molar-refractivity contribution in [3.63, 3.8) is 0 Å². The van der Waals surface area contributed by atoms with Crippen LogP contribution in [0.3, 0.4) is 0 Å². The summed E-state index contributed by atoms with van der Waals surface area (Å²) in [6.07, 6.45) is 0. The van der Waals surface area contributed by atoms with Crippen molar-refractivity contribution in [1.29, 1.82) is 0 Å². The van der Waals surface area contributed by atoms with Crippen molar-refractivity contribution in [2.75, 3.05) is 0 Å². The Morgan fingerprint density at radius 1 is 1.08 bits per heavy atom. The van der Waals surface area contributed by atoms with Gasteiger partial charge in [0.05, 0.1) is 0 Å². The Hall–Kier alpha value is -0.340. The summed E-state index contributed by atoms with van der Waals surface area (Å²) in [6, 6.07) is 0. The van der Waals surface area contributed by atoms with Crippen LogP contribution in [0.1, 0.15) is 0 Å². The molecular formula is H7N5O5S2. The van der Waals surface area contributed by atoms with Gasteiger partial charge in [0, 0.05) is 3.87 Å². The zero-order valence-electron chi connectivity index (χ0n) is 5.47. The zero-order valence-corrected chi connectivity index (χ0v) is 7.10. The third-order valence-corrected chi connectivity index (χ3v) is 3.21. The summed E-state index contributed by atoms with van der Waals surface area (Å²) >= 11 is 0. The molecule has 0 spiro atoms. The van der Waals surface area contributed by atoms with E-state index >= 15 is 0 Å². The van der Waals surface area contributed by atoms with Crippen LogP contribution in [-0.4, -0.2) is 26.6 Å². The first-order chi connectivity index (χ1) is 5.28. The van der Waals surface area contributed by atoms with Gasteiger partial charge in [-0.25, -0.2) is 11.7 Å². The average molecular weight is 221 g/mol. The molecular weight excluding hydrogens is 214 g/mol. The smallest absolute Gasteiger partial charge is 0.284 e. The first-order valence-electron chi connectivity index (χ1n) is 2.15. The fraction of sp³-hybridized carbons (Fsp3) is 0. The second-order valence-electron chi connectivity index (χ2n) is 1.39. The Bertz CT molecular complexity index is 331. The van der Waals surface area contributed by atoms with Gasteiger partial charge in [-0.2, -0.15) is 8.42 Å². The quantitative estimate of drug-likeness (QED) is 0.268. The molecule has 0 aliphatic carbocycles. The van der Waals surface area contributed by atoms with Crippen LogP contribution in [0.15, 0.2) is 8.94 Å². The lowest BCUT2D eigenvalue weighted by atomic mass is 13.0. The molecule has 0 aliphatic rings. The summed E-state index contributed by atoms with van der Waals surface area (Å²) in [5.74, 6) is 8.67. The van der Waals surface area contributed by atoms with Crippen molar-refractivity contribution in [1.82, 2.24) is 3.87 Å². The molecule has 0 saturated heterocycles. The Kier molecular flexibility index (Phi) is 3.48. The minimum absolute atomic E-state index is 0.931. The van der Waals surface area contributed by atoms with Crippen LogP contribution >= 0.6 is 0 Å². The Morgan fingerprint density at radius 2 is 1.33 bits per heavy atom. The molecule has 10 nitrogen and oxygen atoms in total. The minimum atomic E-state index is -4.53. The molecule has 2 atom stereocenters. The van der Waals surface area contributed by atoms with E-state index in [1.165, 1.54) is 0 Å². The van der Waals surface area contributed by atoms with Crippen LogP contribution in [0, 0.1) is 0 Å². The molecule has 0 fully saturated rings. The van der Waals surface area contributed by atoms with Crippen molar-refractivity contribution >= 4 is 20.4 Å². The third-order valence-electron chi connectivity index (χ3n) is 0.682. The Balaban J connectivity index is 5.31. The maximum Gasteiger partial charge on any atom is 0.284 e. The van der Waals surface area contributed by atoms with Crippen molar-refractivity contribution in [3.8, 4) is 0 Å². The number of rotatable bonds is 2. The number of hydrogen-bond acceptors (Lipinski definition) is 5. The van der Waals surface area contributed by atoms with E-state index in [1.807, 2.05) is 0 Å². The molecule has 0 bridgehead atoms. The lowest BCUT2D eigenvalue weighted by Crippen LogP contribution is -2.33. The predicted octanol–water partition coefficient (Wildman–Crippen LogP) is -1.86. The third kappa shape index (κ3) is 2.32. The van der Waals surface area contributed by atoms with Crippen LogP contribution in [0.2, 0.25) is 0 Å².